The first-order valence-electron chi connectivity index (χ1n) is 9.12. The van der Waals surface area contributed by atoms with E-state index in [0.29, 0.717) is 30.0 Å². The molecule has 0 saturated carbocycles. The van der Waals surface area contributed by atoms with Crippen LogP contribution in [0.4, 0.5) is 5.69 Å². The summed E-state index contributed by atoms with van der Waals surface area (Å²) in [5.41, 5.74) is 1.48. The van der Waals surface area contributed by atoms with Crippen molar-refractivity contribution in [1.82, 2.24) is 4.57 Å². The maximum absolute atomic E-state index is 12.8. The summed E-state index contributed by atoms with van der Waals surface area (Å²) in [6.45, 7) is 2.86. The van der Waals surface area contributed by atoms with Gasteiger partial charge in [0.2, 0.25) is 0 Å². The summed E-state index contributed by atoms with van der Waals surface area (Å²) in [7, 11) is -3.12. The van der Waals surface area contributed by atoms with Gasteiger partial charge in [0.25, 0.3) is 11.5 Å². The van der Waals surface area contributed by atoms with Crippen LogP contribution < -0.4 is 10.9 Å². The van der Waals surface area contributed by atoms with Gasteiger partial charge in [-0.15, -0.1) is 0 Å². The average molecular weight is 404 g/mol. The first kappa shape index (κ1) is 20.3. The van der Waals surface area contributed by atoms with Crippen LogP contribution in [0.2, 0.25) is 0 Å². The molecule has 1 aromatic carbocycles. The number of carbonyl (C=O) groups excluding carboxylic acids is 1. The number of benzene rings is 1. The molecule has 1 fully saturated rings. The maximum atomic E-state index is 12.8. The lowest BCUT2D eigenvalue weighted by atomic mass is 10.1. The van der Waals surface area contributed by atoms with E-state index in [9.17, 15) is 18.0 Å². The molecule has 7 nitrogen and oxygen atoms in total. The van der Waals surface area contributed by atoms with Crippen molar-refractivity contribution in [2.45, 2.75) is 38.2 Å². The summed E-state index contributed by atoms with van der Waals surface area (Å²) >= 11 is 0. The van der Waals surface area contributed by atoms with Crippen molar-refractivity contribution < 1.29 is 17.9 Å². The van der Waals surface area contributed by atoms with Crippen LogP contribution >= 0.6 is 0 Å². The largest absolute Gasteiger partial charge is 0.376 e. The Balaban J connectivity index is 1.77. The molecule has 1 amide bonds. The lowest BCUT2D eigenvalue weighted by molar-refractivity contribution is 0.0952. The molecule has 150 valence electrons. The predicted octanol–water partition coefficient (Wildman–Crippen LogP) is 2.13. The Kier molecular flexibility index (Phi) is 6.00. The molecule has 0 radical (unpaired) electrons. The molecular weight excluding hydrogens is 380 g/mol. The van der Waals surface area contributed by atoms with Gasteiger partial charge in [0.15, 0.2) is 9.84 Å². The maximum Gasteiger partial charge on any atom is 0.263 e. The van der Waals surface area contributed by atoms with Gasteiger partial charge >= 0.3 is 0 Å². The molecule has 1 aromatic heterocycles. The van der Waals surface area contributed by atoms with E-state index in [-0.39, 0.29) is 23.0 Å². The van der Waals surface area contributed by atoms with Gasteiger partial charge in [0.1, 0.15) is 5.56 Å². The molecule has 2 aromatic rings. The van der Waals surface area contributed by atoms with Crippen LogP contribution in [0.1, 0.15) is 34.3 Å². The number of anilines is 1. The van der Waals surface area contributed by atoms with Crippen LogP contribution in [0, 0.1) is 6.92 Å². The Labute approximate surface area is 164 Å². The van der Waals surface area contributed by atoms with E-state index in [1.807, 2.05) is 0 Å². The van der Waals surface area contributed by atoms with Crippen molar-refractivity contribution >= 4 is 21.4 Å². The number of aryl methyl sites for hydroxylation is 1. The molecule has 1 aliphatic rings. The van der Waals surface area contributed by atoms with Gasteiger partial charge in [-0.1, -0.05) is 12.1 Å². The monoisotopic (exact) mass is 404 g/mol. The second kappa shape index (κ2) is 8.28. The van der Waals surface area contributed by atoms with E-state index in [1.165, 1.54) is 10.8 Å². The molecule has 1 atom stereocenters. The SMILES string of the molecule is Cc1ccn(CC2CCCO2)c(=O)c1C(=O)Nc1ccc(CS(C)(=O)=O)cc1. The van der Waals surface area contributed by atoms with Crippen molar-refractivity contribution in [2.24, 2.45) is 0 Å². The molecule has 0 aliphatic carbocycles. The Hall–Kier alpha value is -2.45. The molecule has 28 heavy (non-hydrogen) atoms. The molecule has 1 N–H and O–H groups in total. The fourth-order valence-corrected chi connectivity index (χ4v) is 4.07. The number of carbonyl (C=O) groups is 1. The fourth-order valence-electron chi connectivity index (χ4n) is 3.27. The van der Waals surface area contributed by atoms with E-state index in [1.54, 1.807) is 43.5 Å². The normalized spacial score (nSPS) is 16.9. The van der Waals surface area contributed by atoms with E-state index < -0.39 is 15.7 Å². The summed E-state index contributed by atoms with van der Waals surface area (Å²) in [6.07, 6.45) is 4.74. The number of nitrogens with one attached hydrogen (secondary N) is 1. The molecule has 1 saturated heterocycles. The van der Waals surface area contributed by atoms with Crippen LogP contribution in [0.25, 0.3) is 0 Å². The van der Waals surface area contributed by atoms with Gasteiger partial charge in [0.05, 0.1) is 18.4 Å². The zero-order valence-electron chi connectivity index (χ0n) is 16.0. The summed E-state index contributed by atoms with van der Waals surface area (Å²) in [4.78, 5) is 25.5. The van der Waals surface area contributed by atoms with Gasteiger partial charge in [-0.05, 0) is 49.1 Å². The highest BCUT2D eigenvalue weighted by Crippen LogP contribution is 2.15. The number of ether oxygens (including phenoxy) is 1. The smallest absolute Gasteiger partial charge is 0.263 e. The number of pyridine rings is 1. The van der Waals surface area contributed by atoms with Gasteiger partial charge in [-0.25, -0.2) is 8.42 Å². The minimum Gasteiger partial charge on any atom is -0.376 e. The van der Waals surface area contributed by atoms with Crippen LogP contribution in [0.3, 0.4) is 0 Å². The zero-order chi connectivity index (χ0) is 20.3. The van der Waals surface area contributed by atoms with Gasteiger partial charge in [-0.3, -0.25) is 9.59 Å². The molecule has 2 heterocycles. The first-order chi connectivity index (χ1) is 13.2. The number of rotatable bonds is 6. The molecule has 8 heteroatoms. The third-order valence-corrected chi connectivity index (χ3v) is 5.52. The van der Waals surface area contributed by atoms with Crippen LogP contribution in [-0.4, -0.2) is 37.9 Å². The van der Waals surface area contributed by atoms with Crippen molar-refractivity contribution in [3.8, 4) is 0 Å². The Morgan fingerprint density at radius 2 is 1.96 bits per heavy atom. The second-order valence-electron chi connectivity index (χ2n) is 7.19. The summed E-state index contributed by atoms with van der Waals surface area (Å²) < 4.78 is 29.8. The lowest BCUT2D eigenvalue weighted by Gasteiger charge is -2.14. The highest BCUT2D eigenvalue weighted by Gasteiger charge is 2.20. The number of hydrogen-bond acceptors (Lipinski definition) is 5. The zero-order valence-corrected chi connectivity index (χ0v) is 16.8. The van der Waals surface area contributed by atoms with E-state index in [4.69, 9.17) is 4.74 Å². The predicted molar refractivity (Wildman–Crippen MR) is 107 cm³/mol. The van der Waals surface area contributed by atoms with Gasteiger partial charge in [-0.2, -0.15) is 0 Å². The van der Waals surface area contributed by atoms with Crippen molar-refractivity contribution in [3.05, 3.63) is 63.6 Å². The number of hydrogen-bond donors (Lipinski definition) is 1. The molecule has 1 unspecified atom stereocenters. The summed E-state index contributed by atoms with van der Waals surface area (Å²) in [6, 6.07) is 8.29. The number of nitrogens with zero attached hydrogens (tertiary/aromatic N) is 1. The van der Waals surface area contributed by atoms with Crippen molar-refractivity contribution in [1.29, 1.82) is 0 Å². The fraction of sp³-hybridized carbons (Fsp3) is 0.400. The highest BCUT2D eigenvalue weighted by molar-refractivity contribution is 7.89. The Morgan fingerprint density at radius 3 is 2.57 bits per heavy atom. The number of sulfone groups is 1. The molecule has 0 spiro atoms. The third-order valence-electron chi connectivity index (χ3n) is 4.67. The third kappa shape index (κ3) is 5.08. The van der Waals surface area contributed by atoms with E-state index >= 15 is 0 Å². The minimum atomic E-state index is -3.12. The average Bonchev–Trinajstić information content (AvgIpc) is 3.11. The molecule has 1 aliphatic heterocycles. The van der Waals surface area contributed by atoms with Crippen LogP contribution in [0.5, 0.6) is 0 Å². The Bertz CT molecular complexity index is 1020. The topological polar surface area (TPSA) is 94.5 Å². The molecular formula is C20H24N2O5S. The van der Waals surface area contributed by atoms with Crippen LogP contribution in [0.15, 0.2) is 41.3 Å². The lowest BCUT2D eigenvalue weighted by Crippen LogP contribution is -2.32. The standard InChI is InChI=1S/C20H24N2O5S/c1-14-9-10-22(12-17-4-3-11-27-17)20(24)18(14)19(23)21-16-7-5-15(6-8-16)13-28(2,25)26/h5-10,17H,3-4,11-13H2,1-2H3,(H,21,23). The van der Waals surface area contributed by atoms with Crippen molar-refractivity contribution in [3.63, 3.8) is 0 Å². The highest BCUT2D eigenvalue weighted by atomic mass is 32.2. The second-order valence-corrected chi connectivity index (χ2v) is 9.33. The van der Waals surface area contributed by atoms with Gasteiger partial charge in [0, 0.05) is 24.7 Å². The summed E-state index contributed by atoms with van der Waals surface area (Å²) in [5.74, 6) is -0.549. The van der Waals surface area contributed by atoms with Crippen molar-refractivity contribution in [2.75, 3.05) is 18.2 Å². The van der Waals surface area contributed by atoms with E-state index in [2.05, 4.69) is 5.32 Å². The van der Waals surface area contributed by atoms with Crippen LogP contribution in [-0.2, 0) is 26.9 Å². The molecule has 3 rings (SSSR count). The Morgan fingerprint density at radius 1 is 1.25 bits per heavy atom. The molecule has 0 bridgehead atoms. The quantitative estimate of drug-likeness (QED) is 0.796. The minimum absolute atomic E-state index is 0.00120. The van der Waals surface area contributed by atoms with Gasteiger partial charge < -0.3 is 14.6 Å². The summed E-state index contributed by atoms with van der Waals surface area (Å²) in [5, 5.41) is 2.72. The first-order valence-corrected chi connectivity index (χ1v) is 11.2. The number of amides is 1. The number of aromatic nitrogens is 1. The van der Waals surface area contributed by atoms with E-state index in [0.717, 1.165) is 12.8 Å².